The maximum absolute atomic E-state index is 12.9. The van der Waals surface area contributed by atoms with Crippen LogP contribution in [-0.4, -0.2) is 33.2 Å². The van der Waals surface area contributed by atoms with E-state index in [1.165, 1.54) is 10.8 Å². The number of aromatic hydroxyl groups is 1. The van der Waals surface area contributed by atoms with E-state index in [1.807, 2.05) is 30.3 Å². The maximum Gasteiger partial charge on any atom is 0.322 e. The molecular weight excluding hydrogens is 360 g/mol. The van der Waals surface area contributed by atoms with Crippen LogP contribution in [0.3, 0.4) is 0 Å². The van der Waals surface area contributed by atoms with Crippen molar-refractivity contribution in [2.45, 2.75) is 6.54 Å². The van der Waals surface area contributed by atoms with E-state index in [9.17, 15) is 19.5 Å². The third kappa shape index (κ3) is 4.09. The second kappa shape index (κ2) is 8.22. The summed E-state index contributed by atoms with van der Waals surface area (Å²) in [5.74, 6) is -2.68. The van der Waals surface area contributed by atoms with Crippen LogP contribution in [0.15, 0.2) is 71.7 Å². The van der Waals surface area contributed by atoms with Crippen LogP contribution in [0.25, 0.3) is 11.1 Å². The zero-order valence-electron chi connectivity index (χ0n) is 14.8. The van der Waals surface area contributed by atoms with Crippen molar-refractivity contribution < 1.29 is 19.8 Å². The van der Waals surface area contributed by atoms with Crippen LogP contribution in [0.5, 0.6) is 5.75 Å². The summed E-state index contributed by atoms with van der Waals surface area (Å²) < 4.78 is 1.33. The summed E-state index contributed by atoms with van der Waals surface area (Å²) in [5.41, 5.74) is 0.569. The summed E-state index contributed by atoms with van der Waals surface area (Å²) in [6, 6.07) is 18.0. The van der Waals surface area contributed by atoms with Crippen molar-refractivity contribution in [3.63, 3.8) is 0 Å². The first kappa shape index (κ1) is 18.9. The van der Waals surface area contributed by atoms with E-state index in [-0.39, 0.29) is 6.54 Å². The Morgan fingerprint density at radius 2 is 1.57 bits per heavy atom. The molecule has 1 heterocycles. The topological polar surface area (TPSA) is 109 Å². The van der Waals surface area contributed by atoms with Crippen LogP contribution in [0.2, 0.25) is 0 Å². The van der Waals surface area contributed by atoms with Crippen LogP contribution in [0, 0.1) is 0 Å². The molecule has 0 spiro atoms. The number of aliphatic carboxylic acids is 1. The van der Waals surface area contributed by atoms with E-state index in [1.54, 1.807) is 30.3 Å². The number of hydrogen-bond acceptors (Lipinski definition) is 4. The van der Waals surface area contributed by atoms with E-state index >= 15 is 0 Å². The molecule has 142 valence electrons. The molecule has 1 amide bonds. The molecule has 3 aromatic rings. The number of nitrogens with one attached hydrogen (secondary N) is 1. The van der Waals surface area contributed by atoms with E-state index in [0.717, 1.165) is 5.56 Å². The first-order valence-electron chi connectivity index (χ1n) is 8.53. The van der Waals surface area contributed by atoms with Gasteiger partial charge in [-0.3, -0.25) is 14.4 Å². The van der Waals surface area contributed by atoms with Crippen molar-refractivity contribution in [2.24, 2.45) is 0 Å². The molecule has 0 unspecified atom stereocenters. The molecule has 0 fully saturated rings. The number of rotatable bonds is 6. The van der Waals surface area contributed by atoms with Gasteiger partial charge in [-0.05, 0) is 11.1 Å². The zero-order chi connectivity index (χ0) is 20.1. The van der Waals surface area contributed by atoms with Crippen LogP contribution in [0.4, 0.5) is 0 Å². The number of carbonyl (C=O) groups excluding carboxylic acids is 1. The molecule has 28 heavy (non-hydrogen) atoms. The Balaban J connectivity index is 2.14. The molecule has 3 N–H and O–H groups in total. The average molecular weight is 378 g/mol. The Hall–Kier alpha value is -3.87. The van der Waals surface area contributed by atoms with E-state index < -0.39 is 35.3 Å². The first-order chi connectivity index (χ1) is 13.5. The van der Waals surface area contributed by atoms with Gasteiger partial charge in [0.2, 0.25) is 0 Å². The fourth-order valence-corrected chi connectivity index (χ4v) is 2.83. The summed E-state index contributed by atoms with van der Waals surface area (Å²) in [5, 5.41) is 21.5. The Morgan fingerprint density at radius 3 is 2.18 bits per heavy atom. The highest BCUT2D eigenvalue weighted by atomic mass is 16.4. The highest BCUT2D eigenvalue weighted by Crippen LogP contribution is 2.30. The van der Waals surface area contributed by atoms with Gasteiger partial charge in [-0.2, -0.15) is 0 Å². The molecule has 0 aliphatic rings. The lowest BCUT2D eigenvalue weighted by Crippen LogP contribution is -2.36. The number of aromatic nitrogens is 1. The molecule has 3 rings (SSSR count). The van der Waals surface area contributed by atoms with Gasteiger partial charge < -0.3 is 20.1 Å². The molecule has 0 saturated heterocycles. The van der Waals surface area contributed by atoms with Gasteiger partial charge in [0, 0.05) is 11.8 Å². The summed E-state index contributed by atoms with van der Waals surface area (Å²) in [6.45, 7) is -0.467. The Bertz CT molecular complexity index is 1060. The minimum atomic E-state index is -1.25. The Labute approximate surface area is 160 Å². The van der Waals surface area contributed by atoms with Crippen LogP contribution < -0.4 is 10.9 Å². The van der Waals surface area contributed by atoms with Crippen LogP contribution >= 0.6 is 0 Å². The van der Waals surface area contributed by atoms with Crippen LogP contribution in [0.1, 0.15) is 15.9 Å². The van der Waals surface area contributed by atoms with Gasteiger partial charge >= 0.3 is 5.97 Å². The molecule has 0 atom stereocenters. The molecular formula is C21H18N2O5. The predicted molar refractivity (Wildman–Crippen MR) is 103 cm³/mol. The molecule has 0 bridgehead atoms. The summed E-state index contributed by atoms with van der Waals surface area (Å²) in [6.07, 6.45) is 1.49. The summed E-state index contributed by atoms with van der Waals surface area (Å²) >= 11 is 0. The minimum Gasteiger partial charge on any atom is -0.506 e. The van der Waals surface area contributed by atoms with E-state index in [2.05, 4.69) is 5.32 Å². The molecule has 0 radical (unpaired) electrons. The van der Waals surface area contributed by atoms with Gasteiger partial charge in [0.1, 0.15) is 17.9 Å². The number of carboxylic acid groups (broad SMARTS) is 1. The van der Waals surface area contributed by atoms with Crippen molar-refractivity contribution >= 4 is 11.9 Å². The van der Waals surface area contributed by atoms with Gasteiger partial charge in [-0.25, -0.2) is 0 Å². The fourth-order valence-electron chi connectivity index (χ4n) is 2.83. The molecule has 2 aromatic carbocycles. The predicted octanol–water partition coefficient (Wildman–Crippen LogP) is 2.08. The van der Waals surface area contributed by atoms with Crippen molar-refractivity contribution in [1.29, 1.82) is 0 Å². The van der Waals surface area contributed by atoms with Crippen molar-refractivity contribution in [1.82, 2.24) is 9.88 Å². The monoisotopic (exact) mass is 378 g/mol. The van der Waals surface area contributed by atoms with Crippen molar-refractivity contribution in [3.05, 3.63) is 88.3 Å². The molecule has 7 heteroatoms. The Morgan fingerprint density at radius 1 is 0.964 bits per heavy atom. The number of amides is 1. The number of carboxylic acids is 1. The lowest BCUT2D eigenvalue weighted by molar-refractivity contribution is -0.135. The largest absolute Gasteiger partial charge is 0.506 e. The molecule has 0 saturated carbocycles. The highest BCUT2D eigenvalue weighted by molar-refractivity contribution is 5.99. The SMILES string of the molecule is O=C(O)CNC(=O)c1c(O)c(-c2ccccc2)cn(Cc2ccccc2)c1=O. The lowest BCUT2D eigenvalue weighted by Gasteiger charge is -2.14. The van der Waals surface area contributed by atoms with Gasteiger partial charge in [-0.15, -0.1) is 0 Å². The second-order valence-electron chi connectivity index (χ2n) is 6.13. The summed E-state index contributed by atoms with van der Waals surface area (Å²) in [7, 11) is 0. The van der Waals surface area contributed by atoms with Gasteiger partial charge in [0.05, 0.1) is 6.54 Å². The molecule has 0 aliphatic carbocycles. The number of hydrogen-bond donors (Lipinski definition) is 3. The summed E-state index contributed by atoms with van der Waals surface area (Å²) in [4.78, 5) is 36.0. The lowest BCUT2D eigenvalue weighted by atomic mass is 10.0. The normalized spacial score (nSPS) is 10.4. The number of benzene rings is 2. The molecule has 0 aliphatic heterocycles. The quantitative estimate of drug-likeness (QED) is 0.609. The smallest absolute Gasteiger partial charge is 0.322 e. The number of carbonyl (C=O) groups is 2. The first-order valence-corrected chi connectivity index (χ1v) is 8.53. The number of nitrogens with zero attached hydrogens (tertiary/aromatic N) is 1. The van der Waals surface area contributed by atoms with Crippen LogP contribution in [-0.2, 0) is 11.3 Å². The van der Waals surface area contributed by atoms with Crippen molar-refractivity contribution in [3.8, 4) is 16.9 Å². The third-order valence-electron chi connectivity index (χ3n) is 4.16. The van der Waals surface area contributed by atoms with Gasteiger partial charge in [0.25, 0.3) is 11.5 Å². The van der Waals surface area contributed by atoms with Gasteiger partial charge in [0.15, 0.2) is 0 Å². The fraction of sp³-hybridized carbons (Fsp3) is 0.0952. The Kier molecular flexibility index (Phi) is 5.55. The van der Waals surface area contributed by atoms with Crippen molar-refractivity contribution in [2.75, 3.05) is 6.54 Å². The zero-order valence-corrected chi connectivity index (χ0v) is 14.8. The minimum absolute atomic E-state index is 0.193. The maximum atomic E-state index is 12.9. The third-order valence-corrected chi connectivity index (χ3v) is 4.16. The number of pyridine rings is 1. The molecule has 7 nitrogen and oxygen atoms in total. The van der Waals surface area contributed by atoms with E-state index in [0.29, 0.717) is 11.1 Å². The second-order valence-corrected chi connectivity index (χ2v) is 6.13. The van der Waals surface area contributed by atoms with E-state index in [4.69, 9.17) is 5.11 Å². The van der Waals surface area contributed by atoms with Gasteiger partial charge in [-0.1, -0.05) is 60.7 Å². The highest BCUT2D eigenvalue weighted by Gasteiger charge is 2.22. The average Bonchev–Trinajstić information content (AvgIpc) is 2.70. The molecule has 1 aromatic heterocycles. The standard InChI is InChI=1S/C21H18N2O5/c24-17(25)11-22-20(27)18-19(26)16(15-9-5-2-6-10-15)13-23(21(18)28)12-14-7-3-1-4-8-14/h1-10,13,26H,11-12H2,(H,22,27)(H,24,25).